The summed E-state index contributed by atoms with van der Waals surface area (Å²) in [5, 5.41) is 43.5. The van der Waals surface area contributed by atoms with Gasteiger partial charge in [0, 0.05) is 0 Å². The van der Waals surface area contributed by atoms with Crippen LogP contribution >= 0.6 is 0 Å². The summed E-state index contributed by atoms with van der Waals surface area (Å²) in [4.78, 5) is 12.5. The van der Waals surface area contributed by atoms with Crippen LogP contribution in [0.15, 0.2) is 12.2 Å². The van der Waals surface area contributed by atoms with E-state index in [1.54, 1.807) is 0 Å². The average Bonchev–Trinajstić information content (AvgIpc) is 3.06. The highest BCUT2D eigenvalue weighted by molar-refractivity contribution is 5.80. The standard InChI is InChI=1S/C40H79NO5/c1-3-5-7-9-11-13-15-17-18-19-20-21-22-24-26-28-30-32-34-38(44)40(46)41-36(35-42)39(45)37(43)33-31-29-27-25-23-16-14-12-10-8-6-4-2/h19-20,36-39,42-45H,3-18,21-35H2,1-2H3,(H,41,46)/b20-19-. The quantitative estimate of drug-likeness (QED) is 0.0342. The van der Waals surface area contributed by atoms with Crippen LogP contribution in [-0.2, 0) is 4.79 Å². The van der Waals surface area contributed by atoms with Crippen molar-refractivity contribution in [3.8, 4) is 0 Å². The minimum absolute atomic E-state index is 0.364. The molecule has 46 heavy (non-hydrogen) atoms. The lowest BCUT2D eigenvalue weighted by Gasteiger charge is -2.27. The second kappa shape index (κ2) is 35.4. The number of hydrogen-bond donors (Lipinski definition) is 5. The molecule has 4 unspecified atom stereocenters. The number of hydrogen-bond acceptors (Lipinski definition) is 5. The van der Waals surface area contributed by atoms with Crippen molar-refractivity contribution in [3.63, 3.8) is 0 Å². The lowest BCUT2D eigenvalue weighted by Crippen LogP contribution is -2.53. The Balaban J connectivity index is 3.77. The Bertz CT molecular complexity index is 658. The molecule has 0 saturated heterocycles. The van der Waals surface area contributed by atoms with Crippen molar-refractivity contribution in [3.05, 3.63) is 12.2 Å². The Labute approximate surface area is 285 Å². The Hall–Kier alpha value is -0.950. The van der Waals surface area contributed by atoms with Crippen molar-refractivity contribution in [2.45, 2.75) is 231 Å². The molecule has 0 aliphatic heterocycles. The van der Waals surface area contributed by atoms with Gasteiger partial charge in [-0.25, -0.2) is 0 Å². The first-order valence-electron chi connectivity index (χ1n) is 20.1. The Morgan fingerprint density at radius 3 is 1.26 bits per heavy atom. The van der Waals surface area contributed by atoms with E-state index in [2.05, 4.69) is 31.3 Å². The Morgan fingerprint density at radius 2 is 0.870 bits per heavy atom. The van der Waals surface area contributed by atoms with Crippen LogP contribution in [0.25, 0.3) is 0 Å². The molecule has 0 bridgehead atoms. The molecular formula is C40H79NO5. The van der Waals surface area contributed by atoms with E-state index in [1.165, 1.54) is 135 Å². The normalized spacial score (nSPS) is 14.5. The fourth-order valence-corrected chi connectivity index (χ4v) is 6.22. The van der Waals surface area contributed by atoms with Crippen LogP contribution in [0.4, 0.5) is 0 Å². The van der Waals surface area contributed by atoms with Gasteiger partial charge in [0.25, 0.3) is 0 Å². The molecule has 6 nitrogen and oxygen atoms in total. The first kappa shape index (κ1) is 45.0. The molecule has 0 spiro atoms. The maximum atomic E-state index is 12.5. The fourth-order valence-electron chi connectivity index (χ4n) is 6.22. The number of allylic oxidation sites excluding steroid dienone is 2. The van der Waals surface area contributed by atoms with E-state index < -0.39 is 36.9 Å². The van der Waals surface area contributed by atoms with Crippen LogP contribution in [0.5, 0.6) is 0 Å². The van der Waals surface area contributed by atoms with Gasteiger partial charge in [-0.05, 0) is 38.5 Å². The molecule has 0 rings (SSSR count). The number of nitrogens with one attached hydrogen (secondary N) is 1. The largest absolute Gasteiger partial charge is 0.394 e. The summed E-state index contributed by atoms with van der Waals surface area (Å²) in [5.41, 5.74) is 0. The van der Waals surface area contributed by atoms with Crippen molar-refractivity contribution in [1.82, 2.24) is 5.32 Å². The number of rotatable bonds is 36. The topological polar surface area (TPSA) is 110 Å². The zero-order valence-corrected chi connectivity index (χ0v) is 30.6. The summed E-state index contributed by atoms with van der Waals surface area (Å²) >= 11 is 0. The molecule has 6 heteroatoms. The van der Waals surface area contributed by atoms with Gasteiger partial charge in [-0.3, -0.25) is 4.79 Å². The summed E-state index contributed by atoms with van der Waals surface area (Å²) < 4.78 is 0. The van der Waals surface area contributed by atoms with Gasteiger partial charge in [-0.15, -0.1) is 0 Å². The molecule has 4 atom stereocenters. The number of carbonyl (C=O) groups excluding carboxylic acids is 1. The number of aliphatic hydroxyl groups is 4. The first-order chi connectivity index (χ1) is 22.5. The number of amides is 1. The molecule has 0 radical (unpaired) electrons. The average molecular weight is 654 g/mol. The van der Waals surface area contributed by atoms with Gasteiger partial charge in [0.05, 0.1) is 18.8 Å². The second-order valence-electron chi connectivity index (χ2n) is 14.0. The smallest absolute Gasteiger partial charge is 0.249 e. The van der Waals surface area contributed by atoms with Gasteiger partial charge >= 0.3 is 0 Å². The maximum absolute atomic E-state index is 12.5. The van der Waals surface area contributed by atoms with Crippen molar-refractivity contribution < 1.29 is 25.2 Å². The van der Waals surface area contributed by atoms with Gasteiger partial charge in [-0.1, -0.05) is 180 Å². The third-order valence-electron chi connectivity index (χ3n) is 9.48. The summed E-state index contributed by atoms with van der Waals surface area (Å²) in [5.74, 6) is -0.588. The summed E-state index contributed by atoms with van der Waals surface area (Å²) in [7, 11) is 0. The molecule has 5 N–H and O–H groups in total. The van der Waals surface area contributed by atoms with Crippen LogP contribution in [0, 0.1) is 0 Å². The molecule has 0 aromatic carbocycles. The molecule has 274 valence electrons. The van der Waals surface area contributed by atoms with E-state index >= 15 is 0 Å². The zero-order chi connectivity index (χ0) is 33.9. The van der Waals surface area contributed by atoms with Crippen molar-refractivity contribution in [1.29, 1.82) is 0 Å². The minimum atomic E-state index is -1.26. The van der Waals surface area contributed by atoms with E-state index in [4.69, 9.17) is 0 Å². The number of unbranched alkanes of at least 4 members (excludes halogenated alkanes) is 25. The molecule has 1 amide bonds. The van der Waals surface area contributed by atoms with Gasteiger partial charge < -0.3 is 25.7 Å². The molecule has 0 aromatic rings. The summed E-state index contributed by atoms with van der Waals surface area (Å²) in [6.45, 7) is 4.03. The van der Waals surface area contributed by atoms with Gasteiger partial charge in [0.15, 0.2) is 0 Å². The summed E-state index contributed by atoms with van der Waals surface area (Å²) in [6, 6.07) is -0.983. The number of aliphatic hydroxyl groups excluding tert-OH is 4. The van der Waals surface area contributed by atoms with E-state index in [-0.39, 0.29) is 0 Å². The van der Waals surface area contributed by atoms with E-state index in [9.17, 15) is 25.2 Å². The van der Waals surface area contributed by atoms with Crippen LogP contribution < -0.4 is 5.32 Å². The predicted molar refractivity (Wildman–Crippen MR) is 196 cm³/mol. The molecule has 0 heterocycles. The van der Waals surface area contributed by atoms with E-state index in [1.807, 2.05) is 0 Å². The lowest BCUT2D eigenvalue weighted by molar-refractivity contribution is -0.132. The monoisotopic (exact) mass is 654 g/mol. The third-order valence-corrected chi connectivity index (χ3v) is 9.48. The second-order valence-corrected chi connectivity index (χ2v) is 14.0. The van der Waals surface area contributed by atoms with Gasteiger partial charge in [0.1, 0.15) is 12.2 Å². The van der Waals surface area contributed by atoms with Crippen LogP contribution in [0.2, 0.25) is 0 Å². The van der Waals surface area contributed by atoms with Gasteiger partial charge in [0.2, 0.25) is 5.91 Å². The minimum Gasteiger partial charge on any atom is -0.394 e. The molecule has 0 fully saturated rings. The number of carbonyl (C=O) groups is 1. The first-order valence-corrected chi connectivity index (χ1v) is 20.1. The van der Waals surface area contributed by atoms with Crippen molar-refractivity contribution >= 4 is 5.91 Å². The highest BCUT2D eigenvalue weighted by atomic mass is 16.3. The predicted octanol–water partition coefficient (Wildman–Crippen LogP) is 9.85. The maximum Gasteiger partial charge on any atom is 0.249 e. The van der Waals surface area contributed by atoms with Crippen LogP contribution in [0.1, 0.15) is 206 Å². The van der Waals surface area contributed by atoms with E-state index in [0.29, 0.717) is 12.8 Å². The molecule has 0 aliphatic carbocycles. The van der Waals surface area contributed by atoms with E-state index in [0.717, 1.165) is 44.9 Å². The fraction of sp³-hybridized carbons (Fsp3) is 0.925. The van der Waals surface area contributed by atoms with Gasteiger partial charge in [-0.2, -0.15) is 0 Å². The Kier molecular flexibility index (Phi) is 34.6. The highest BCUT2D eigenvalue weighted by Crippen LogP contribution is 2.16. The van der Waals surface area contributed by atoms with Crippen molar-refractivity contribution in [2.75, 3.05) is 6.61 Å². The SMILES string of the molecule is CCCCCCCCCC/C=C\CCCCCCCCC(O)C(=O)NC(CO)C(O)C(O)CCCCCCCCCCCCCC. The van der Waals surface area contributed by atoms with Crippen molar-refractivity contribution in [2.24, 2.45) is 0 Å². The molecule has 0 aliphatic rings. The highest BCUT2D eigenvalue weighted by Gasteiger charge is 2.28. The molecule has 0 aromatic heterocycles. The lowest BCUT2D eigenvalue weighted by atomic mass is 9.99. The zero-order valence-electron chi connectivity index (χ0n) is 30.6. The molecular weight excluding hydrogens is 574 g/mol. The molecule has 0 saturated carbocycles. The van der Waals surface area contributed by atoms with Crippen LogP contribution in [0.3, 0.4) is 0 Å². The third kappa shape index (κ3) is 29.2. The summed E-state index contributed by atoms with van der Waals surface area (Å²) in [6.07, 6.45) is 36.6. The van der Waals surface area contributed by atoms with Crippen LogP contribution in [-0.4, -0.2) is 57.3 Å². The Morgan fingerprint density at radius 1 is 0.522 bits per heavy atom.